The van der Waals surface area contributed by atoms with Gasteiger partial charge in [-0.05, 0) is 49.8 Å². The second-order valence-electron chi connectivity index (χ2n) is 6.19. The van der Waals surface area contributed by atoms with E-state index in [0.717, 1.165) is 17.4 Å². The van der Waals surface area contributed by atoms with E-state index in [-0.39, 0.29) is 0 Å². The molecule has 1 N–H and O–H groups in total. The molecule has 0 spiro atoms. The zero-order valence-electron chi connectivity index (χ0n) is 12.7. The van der Waals surface area contributed by atoms with E-state index in [0.29, 0.717) is 24.2 Å². The van der Waals surface area contributed by atoms with Gasteiger partial charge in [0.25, 0.3) is 0 Å². The minimum atomic E-state index is 0.424. The lowest BCUT2D eigenvalue weighted by Crippen LogP contribution is -2.29. The van der Waals surface area contributed by atoms with Crippen molar-refractivity contribution in [3.63, 3.8) is 0 Å². The first kappa shape index (κ1) is 16.0. The predicted molar refractivity (Wildman–Crippen MR) is 88.2 cm³/mol. The highest BCUT2D eigenvalue weighted by Gasteiger charge is 2.25. The molecule has 2 nitrogen and oxygen atoms in total. The zero-order chi connectivity index (χ0) is 14.5. The summed E-state index contributed by atoms with van der Waals surface area (Å²) < 4.78 is 7.15. The van der Waals surface area contributed by atoms with Crippen molar-refractivity contribution in [3.8, 4) is 0 Å². The first-order chi connectivity index (χ1) is 9.54. The van der Waals surface area contributed by atoms with Crippen molar-refractivity contribution in [2.45, 2.75) is 64.2 Å². The second-order valence-corrected chi connectivity index (χ2v) is 7.11. The van der Waals surface area contributed by atoms with Crippen LogP contribution in [0.3, 0.4) is 0 Å². The number of benzene rings is 1. The number of rotatable bonds is 6. The summed E-state index contributed by atoms with van der Waals surface area (Å²) in [4.78, 5) is 0. The normalized spacial score (nSPS) is 24.2. The van der Waals surface area contributed by atoms with E-state index in [1.165, 1.54) is 18.4 Å². The number of ether oxygens (including phenoxy) is 1. The van der Waals surface area contributed by atoms with Crippen molar-refractivity contribution in [3.05, 3.63) is 34.3 Å². The Morgan fingerprint density at radius 1 is 1.25 bits per heavy atom. The maximum Gasteiger partial charge on any atom is 0.0586 e. The molecular weight excluding hydrogens is 314 g/mol. The van der Waals surface area contributed by atoms with Crippen molar-refractivity contribution in [2.24, 2.45) is 0 Å². The van der Waals surface area contributed by atoms with E-state index in [1.54, 1.807) is 0 Å². The summed E-state index contributed by atoms with van der Waals surface area (Å²) in [5, 5.41) is 3.58. The van der Waals surface area contributed by atoms with Crippen LogP contribution in [-0.2, 0) is 4.74 Å². The fraction of sp³-hybridized carbons (Fsp3) is 0.647. The summed E-state index contributed by atoms with van der Waals surface area (Å²) in [6.45, 7) is 7.61. The molecular formula is C17H26BrNO. The molecule has 20 heavy (non-hydrogen) atoms. The molecule has 0 amide bonds. The SMILES string of the molecule is CC(C)NCC(CC1CCC(C)O1)c1ccc(Br)cc1. The number of nitrogens with one attached hydrogen (secondary N) is 1. The molecule has 3 atom stereocenters. The van der Waals surface area contributed by atoms with Gasteiger partial charge in [0.15, 0.2) is 0 Å². The topological polar surface area (TPSA) is 21.3 Å². The molecule has 0 saturated carbocycles. The van der Waals surface area contributed by atoms with Crippen LogP contribution in [0, 0.1) is 0 Å². The van der Waals surface area contributed by atoms with Gasteiger partial charge in [-0.15, -0.1) is 0 Å². The van der Waals surface area contributed by atoms with Gasteiger partial charge < -0.3 is 10.1 Å². The van der Waals surface area contributed by atoms with Crippen molar-refractivity contribution in [1.82, 2.24) is 5.32 Å². The second kappa shape index (κ2) is 7.58. The lowest BCUT2D eigenvalue weighted by molar-refractivity contribution is 0.0465. The molecule has 3 heteroatoms. The van der Waals surface area contributed by atoms with Crippen LogP contribution in [0.4, 0.5) is 0 Å². The van der Waals surface area contributed by atoms with Crippen molar-refractivity contribution < 1.29 is 4.74 Å². The Hall–Kier alpha value is -0.380. The van der Waals surface area contributed by atoms with Crippen molar-refractivity contribution >= 4 is 15.9 Å². The van der Waals surface area contributed by atoms with Crippen LogP contribution >= 0.6 is 15.9 Å². The Bertz CT molecular complexity index is 404. The maximum atomic E-state index is 6.01. The van der Waals surface area contributed by atoms with Crippen LogP contribution in [0.2, 0.25) is 0 Å². The molecule has 0 bridgehead atoms. The van der Waals surface area contributed by atoms with E-state index >= 15 is 0 Å². The lowest BCUT2D eigenvalue weighted by Gasteiger charge is -2.23. The van der Waals surface area contributed by atoms with Crippen LogP contribution < -0.4 is 5.32 Å². The third-order valence-corrected chi connectivity index (χ3v) is 4.51. The molecule has 0 radical (unpaired) electrons. The number of halogens is 1. The standard InChI is InChI=1S/C17H26BrNO/c1-12(2)19-11-15(10-17-9-4-13(3)20-17)14-5-7-16(18)8-6-14/h5-8,12-13,15,17,19H,4,9-11H2,1-3H3. The predicted octanol–water partition coefficient (Wildman–Crippen LogP) is 4.49. The molecule has 3 unspecified atom stereocenters. The van der Waals surface area contributed by atoms with Gasteiger partial charge in [-0.3, -0.25) is 0 Å². The molecule has 1 aromatic carbocycles. The van der Waals surface area contributed by atoms with Gasteiger partial charge in [-0.2, -0.15) is 0 Å². The average Bonchev–Trinajstić information content (AvgIpc) is 2.81. The molecule has 1 heterocycles. The van der Waals surface area contributed by atoms with Crippen molar-refractivity contribution in [2.75, 3.05) is 6.54 Å². The minimum Gasteiger partial charge on any atom is -0.375 e. The smallest absolute Gasteiger partial charge is 0.0586 e. The van der Waals surface area contributed by atoms with Crippen LogP contribution in [0.25, 0.3) is 0 Å². The average molecular weight is 340 g/mol. The van der Waals surface area contributed by atoms with Gasteiger partial charge in [-0.25, -0.2) is 0 Å². The fourth-order valence-electron chi connectivity index (χ4n) is 2.83. The molecule has 1 fully saturated rings. The summed E-state index contributed by atoms with van der Waals surface area (Å²) in [6, 6.07) is 9.26. The Morgan fingerprint density at radius 2 is 1.95 bits per heavy atom. The van der Waals surface area contributed by atoms with Gasteiger partial charge in [0.1, 0.15) is 0 Å². The Balaban J connectivity index is 2.01. The molecule has 0 aromatic heterocycles. The van der Waals surface area contributed by atoms with Gasteiger partial charge in [-0.1, -0.05) is 41.9 Å². The van der Waals surface area contributed by atoms with Gasteiger partial charge >= 0.3 is 0 Å². The third kappa shape index (κ3) is 4.87. The highest BCUT2D eigenvalue weighted by Crippen LogP contribution is 2.30. The quantitative estimate of drug-likeness (QED) is 0.824. The Labute approximate surface area is 131 Å². The minimum absolute atomic E-state index is 0.424. The highest BCUT2D eigenvalue weighted by atomic mass is 79.9. The lowest BCUT2D eigenvalue weighted by atomic mass is 9.92. The summed E-state index contributed by atoms with van der Waals surface area (Å²) in [7, 11) is 0. The molecule has 1 aromatic rings. The summed E-state index contributed by atoms with van der Waals surface area (Å²) >= 11 is 3.51. The maximum absolute atomic E-state index is 6.01. The molecule has 112 valence electrons. The number of hydrogen-bond donors (Lipinski definition) is 1. The van der Waals surface area contributed by atoms with Crippen LogP contribution in [0.15, 0.2) is 28.7 Å². The van der Waals surface area contributed by atoms with Crippen molar-refractivity contribution in [1.29, 1.82) is 0 Å². The van der Waals surface area contributed by atoms with E-state index in [4.69, 9.17) is 4.74 Å². The Kier molecular flexibility index (Phi) is 6.06. The Morgan fingerprint density at radius 3 is 2.50 bits per heavy atom. The monoisotopic (exact) mass is 339 g/mol. The fourth-order valence-corrected chi connectivity index (χ4v) is 3.09. The van der Waals surface area contributed by atoms with E-state index in [1.807, 2.05) is 0 Å². The van der Waals surface area contributed by atoms with Gasteiger partial charge in [0.2, 0.25) is 0 Å². The van der Waals surface area contributed by atoms with Crippen LogP contribution in [0.1, 0.15) is 51.5 Å². The summed E-state index contributed by atoms with van der Waals surface area (Å²) in [5.74, 6) is 0.529. The first-order valence-corrected chi connectivity index (χ1v) is 8.48. The van der Waals surface area contributed by atoms with Gasteiger partial charge in [0, 0.05) is 17.1 Å². The molecule has 0 aliphatic carbocycles. The van der Waals surface area contributed by atoms with E-state index < -0.39 is 0 Å². The number of hydrogen-bond acceptors (Lipinski definition) is 2. The third-order valence-electron chi connectivity index (χ3n) is 3.98. The highest BCUT2D eigenvalue weighted by molar-refractivity contribution is 9.10. The molecule has 1 aliphatic rings. The summed E-state index contributed by atoms with van der Waals surface area (Å²) in [5.41, 5.74) is 1.41. The van der Waals surface area contributed by atoms with Gasteiger partial charge in [0.05, 0.1) is 12.2 Å². The zero-order valence-corrected chi connectivity index (χ0v) is 14.3. The summed E-state index contributed by atoms with van der Waals surface area (Å²) in [6.07, 6.45) is 4.38. The largest absolute Gasteiger partial charge is 0.375 e. The molecule has 1 saturated heterocycles. The van der Waals surface area contributed by atoms with Crippen LogP contribution in [-0.4, -0.2) is 24.8 Å². The van der Waals surface area contributed by atoms with E-state index in [2.05, 4.69) is 66.3 Å². The first-order valence-electron chi connectivity index (χ1n) is 7.69. The molecule has 1 aliphatic heterocycles. The molecule has 2 rings (SSSR count). The van der Waals surface area contributed by atoms with Crippen LogP contribution in [0.5, 0.6) is 0 Å². The van der Waals surface area contributed by atoms with E-state index in [9.17, 15) is 0 Å².